The van der Waals surface area contributed by atoms with E-state index in [1.165, 1.54) is 0 Å². The van der Waals surface area contributed by atoms with Gasteiger partial charge in [0.05, 0.1) is 12.2 Å². The van der Waals surface area contributed by atoms with E-state index in [4.69, 9.17) is 17.3 Å². The smallest absolute Gasteiger partial charge is 0.0597 e. The van der Waals surface area contributed by atoms with Gasteiger partial charge in [-0.2, -0.15) is 5.10 Å². The largest absolute Gasteiger partial charge is 0.320 e. The third-order valence-corrected chi connectivity index (χ3v) is 3.58. The number of benzene rings is 1. The molecule has 0 radical (unpaired) electrons. The van der Waals surface area contributed by atoms with Crippen molar-refractivity contribution in [2.75, 3.05) is 0 Å². The lowest BCUT2D eigenvalue weighted by atomic mass is 10.0. The van der Waals surface area contributed by atoms with Gasteiger partial charge in [0.1, 0.15) is 0 Å². The zero-order valence-corrected chi connectivity index (χ0v) is 12.4. The summed E-state index contributed by atoms with van der Waals surface area (Å²) in [7, 11) is 0. The van der Waals surface area contributed by atoms with Crippen LogP contribution >= 0.6 is 27.5 Å². The summed E-state index contributed by atoms with van der Waals surface area (Å²) >= 11 is 9.59. The average Bonchev–Trinajstić information content (AvgIpc) is 2.77. The van der Waals surface area contributed by atoms with Crippen LogP contribution in [-0.4, -0.2) is 9.78 Å². The Kier molecular flexibility index (Phi) is 4.43. The first-order chi connectivity index (χ1) is 8.61. The highest BCUT2D eigenvalue weighted by Gasteiger charge is 2.14. The number of nitrogens with zero attached hydrogens (tertiary/aromatic N) is 2. The molecule has 1 aromatic heterocycles. The molecule has 5 heteroatoms. The number of rotatable bonds is 4. The van der Waals surface area contributed by atoms with Gasteiger partial charge in [-0.1, -0.05) is 40.5 Å². The molecule has 0 saturated heterocycles. The van der Waals surface area contributed by atoms with Crippen LogP contribution in [0.4, 0.5) is 0 Å². The molecule has 0 saturated carbocycles. The van der Waals surface area contributed by atoms with E-state index in [1.807, 2.05) is 29.1 Å². The SMILES string of the molecule is CCCn1cc(C(N)c2ccc(Br)cc2Cl)cn1. The Morgan fingerprint density at radius 2 is 2.28 bits per heavy atom. The first-order valence-electron chi connectivity index (χ1n) is 5.84. The molecule has 0 amide bonds. The minimum atomic E-state index is -0.240. The summed E-state index contributed by atoms with van der Waals surface area (Å²) in [5, 5.41) is 4.95. The molecule has 0 aliphatic heterocycles. The van der Waals surface area contributed by atoms with Gasteiger partial charge in [0.15, 0.2) is 0 Å². The lowest BCUT2D eigenvalue weighted by molar-refractivity contribution is 0.602. The molecule has 3 nitrogen and oxygen atoms in total. The molecule has 96 valence electrons. The molecule has 0 aliphatic rings. The summed E-state index contributed by atoms with van der Waals surface area (Å²) in [6.45, 7) is 3.02. The fraction of sp³-hybridized carbons (Fsp3) is 0.308. The third kappa shape index (κ3) is 2.94. The monoisotopic (exact) mass is 327 g/mol. The van der Waals surface area contributed by atoms with E-state index in [2.05, 4.69) is 28.0 Å². The zero-order valence-electron chi connectivity index (χ0n) is 10.1. The van der Waals surface area contributed by atoms with E-state index in [0.717, 1.165) is 28.6 Å². The van der Waals surface area contributed by atoms with Crippen LogP contribution in [-0.2, 0) is 6.54 Å². The summed E-state index contributed by atoms with van der Waals surface area (Å²) < 4.78 is 2.85. The van der Waals surface area contributed by atoms with Crippen LogP contribution in [0.2, 0.25) is 5.02 Å². The summed E-state index contributed by atoms with van der Waals surface area (Å²) in [6, 6.07) is 5.50. The Hall–Kier alpha value is -0.840. The van der Waals surface area contributed by atoms with Crippen molar-refractivity contribution in [3.8, 4) is 0 Å². The molecular weight excluding hydrogens is 314 g/mol. The minimum Gasteiger partial charge on any atom is -0.320 e. The average molecular weight is 329 g/mol. The van der Waals surface area contributed by atoms with E-state index < -0.39 is 0 Å². The Balaban J connectivity index is 2.26. The summed E-state index contributed by atoms with van der Waals surface area (Å²) in [5.41, 5.74) is 8.12. The van der Waals surface area contributed by atoms with Crippen molar-refractivity contribution in [3.05, 3.63) is 51.2 Å². The van der Waals surface area contributed by atoms with Crippen LogP contribution in [0.5, 0.6) is 0 Å². The second-order valence-electron chi connectivity index (χ2n) is 4.18. The van der Waals surface area contributed by atoms with Crippen LogP contribution in [0.25, 0.3) is 0 Å². The Morgan fingerprint density at radius 1 is 1.50 bits per heavy atom. The lowest BCUT2D eigenvalue weighted by Crippen LogP contribution is -2.11. The molecule has 1 atom stereocenters. The number of hydrogen-bond donors (Lipinski definition) is 1. The highest BCUT2D eigenvalue weighted by atomic mass is 79.9. The predicted octanol–water partition coefficient (Wildman–Crippen LogP) is 3.76. The minimum absolute atomic E-state index is 0.240. The summed E-state index contributed by atoms with van der Waals surface area (Å²) in [5.74, 6) is 0. The van der Waals surface area contributed by atoms with E-state index in [0.29, 0.717) is 5.02 Å². The summed E-state index contributed by atoms with van der Waals surface area (Å²) in [4.78, 5) is 0. The van der Waals surface area contributed by atoms with E-state index in [1.54, 1.807) is 6.20 Å². The molecule has 0 bridgehead atoms. The van der Waals surface area contributed by atoms with Gasteiger partial charge < -0.3 is 5.73 Å². The van der Waals surface area contributed by atoms with Crippen molar-refractivity contribution in [3.63, 3.8) is 0 Å². The molecule has 0 aliphatic carbocycles. The topological polar surface area (TPSA) is 43.8 Å². The van der Waals surface area contributed by atoms with Gasteiger partial charge in [-0.05, 0) is 24.1 Å². The molecule has 1 heterocycles. The molecule has 18 heavy (non-hydrogen) atoms. The molecule has 1 unspecified atom stereocenters. The molecule has 0 fully saturated rings. The Bertz CT molecular complexity index is 539. The molecule has 0 spiro atoms. The number of nitrogens with two attached hydrogens (primary N) is 1. The van der Waals surface area contributed by atoms with Crippen molar-refractivity contribution in [2.24, 2.45) is 5.73 Å². The van der Waals surface area contributed by atoms with Gasteiger partial charge in [-0.3, -0.25) is 4.68 Å². The maximum absolute atomic E-state index is 6.22. The van der Waals surface area contributed by atoms with Crippen molar-refractivity contribution < 1.29 is 0 Å². The quantitative estimate of drug-likeness (QED) is 0.928. The second-order valence-corrected chi connectivity index (χ2v) is 5.50. The molecular formula is C13H15BrClN3. The van der Waals surface area contributed by atoms with Crippen LogP contribution in [0.15, 0.2) is 35.1 Å². The maximum Gasteiger partial charge on any atom is 0.0597 e. The first-order valence-corrected chi connectivity index (χ1v) is 7.01. The van der Waals surface area contributed by atoms with Gasteiger partial charge >= 0.3 is 0 Å². The normalized spacial score (nSPS) is 12.7. The van der Waals surface area contributed by atoms with Crippen molar-refractivity contribution >= 4 is 27.5 Å². The van der Waals surface area contributed by atoms with Gasteiger partial charge in [0, 0.05) is 27.8 Å². The third-order valence-electron chi connectivity index (χ3n) is 2.76. The van der Waals surface area contributed by atoms with Crippen molar-refractivity contribution in [2.45, 2.75) is 25.9 Å². The van der Waals surface area contributed by atoms with Crippen LogP contribution in [0, 0.1) is 0 Å². The lowest BCUT2D eigenvalue weighted by Gasteiger charge is -2.12. The van der Waals surface area contributed by atoms with E-state index in [-0.39, 0.29) is 6.04 Å². The number of aromatic nitrogens is 2. The van der Waals surface area contributed by atoms with E-state index >= 15 is 0 Å². The maximum atomic E-state index is 6.22. The van der Waals surface area contributed by atoms with Crippen LogP contribution in [0.3, 0.4) is 0 Å². The highest BCUT2D eigenvalue weighted by molar-refractivity contribution is 9.10. The highest BCUT2D eigenvalue weighted by Crippen LogP contribution is 2.28. The van der Waals surface area contributed by atoms with Gasteiger partial charge in [0.25, 0.3) is 0 Å². The van der Waals surface area contributed by atoms with Gasteiger partial charge in [0.2, 0.25) is 0 Å². The Morgan fingerprint density at radius 3 is 2.94 bits per heavy atom. The second kappa shape index (κ2) is 5.87. The molecule has 2 rings (SSSR count). The van der Waals surface area contributed by atoms with Gasteiger partial charge in [-0.25, -0.2) is 0 Å². The summed E-state index contributed by atoms with van der Waals surface area (Å²) in [6.07, 6.45) is 4.83. The number of aryl methyl sites for hydroxylation is 1. The predicted molar refractivity (Wildman–Crippen MR) is 77.7 cm³/mol. The van der Waals surface area contributed by atoms with Crippen LogP contribution in [0.1, 0.15) is 30.5 Å². The van der Waals surface area contributed by atoms with E-state index in [9.17, 15) is 0 Å². The Labute approximate surface area is 120 Å². The number of hydrogen-bond acceptors (Lipinski definition) is 2. The standard InChI is InChI=1S/C13H15BrClN3/c1-2-5-18-8-9(7-17-18)13(16)11-4-3-10(14)6-12(11)15/h3-4,6-8,13H,2,5,16H2,1H3. The van der Waals surface area contributed by atoms with Crippen LogP contribution < -0.4 is 5.73 Å². The zero-order chi connectivity index (χ0) is 13.1. The first kappa shape index (κ1) is 13.6. The van der Waals surface area contributed by atoms with Gasteiger partial charge in [-0.15, -0.1) is 0 Å². The fourth-order valence-electron chi connectivity index (χ4n) is 1.82. The molecule has 1 aromatic carbocycles. The molecule has 2 aromatic rings. The van der Waals surface area contributed by atoms with Crippen molar-refractivity contribution in [1.82, 2.24) is 9.78 Å². The number of halogens is 2. The fourth-order valence-corrected chi connectivity index (χ4v) is 2.62. The molecule has 2 N–H and O–H groups in total. The van der Waals surface area contributed by atoms with Crippen molar-refractivity contribution in [1.29, 1.82) is 0 Å².